The number of nitrogens with zero attached hydrogens (tertiary/aromatic N) is 2. The summed E-state index contributed by atoms with van der Waals surface area (Å²) in [5.74, 6) is 0.501. The summed E-state index contributed by atoms with van der Waals surface area (Å²) in [5, 5.41) is 0. The van der Waals surface area contributed by atoms with Crippen molar-refractivity contribution in [2.75, 3.05) is 27.2 Å². The third-order valence-corrected chi connectivity index (χ3v) is 6.22. The van der Waals surface area contributed by atoms with Crippen LogP contribution in [0.3, 0.4) is 0 Å². The summed E-state index contributed by atoms with van der Waals surface area (Å²) in [6.07, 6.45) is 0. The third-order valence-electron chi connectivity index (χ3n) is 4.39. The van der Waals surface area contributed by atoms with Crippen LogP contribution in [0.25, 0.3) is 0 Å². The number of sulfonamides is 1. The molecule has 1 aliphatic heterocycles. The Hall–Kier alpha value is -0.950. The second-order valence-corrected chi connectivity index (χ2v) is 8.28. The molecular weight excluding hydrogens is 286 g/mol. The quantitative estimate of drug-likeness (QED) is 0.909. The maximum Gasteiger partial charge on any atom is 0.242 e. The average molecular weight is 311 g/mol. The molecule has 5 nitrogen and oxygen atoms in total. The Bertz CT molecular complexity index is 573. The monoisotopic (exact) mass is 311 g/mol. The summed E-state index contributed by atoms with van der Waals surface area (Å²) in [6, 6.07) is 7.63. The van der Waals surface area contributed by atoms with Crippen molar-refractivity contribution in [3.05, 3.63) is 29.8 Å². The molecule has 1 heterocycles. The van der Waals surface area contributed by atoms with Gasteiger partial charge in [-0.2, -0.15) is 0 Å². The Balaban J connectivity index is 2.16. The molecule has 0 spiro atoms. The largest absolute Gasteiger partial charge is 0.326 e. The van der Waals surface area contributed by atoms with Gasteiger partial charge < -0.3 is 5.73 Å². The van der Waals surface area contributed by atoms with E-state index in [4.69, 9.17) is 5.73 Å². The molecular formula is C15H25N3O2S. The molecule has 1 fully saturated rings. The van der Waals surface area contributed by atoms with Gasteiger partial charge in [0.15, 0.2) is 0 Å². The van der Waals surface area contributed by atoms with Crippen molar-refractivity contribution in [2.24, 2.45) is 11.7 Å². The van der Waals surface area contributed by atoms with Gasteiger partial charge in [0, 0.05) is 39.3 Å². The van der Waals surface area contributed by atoms with E-state index in [-0.39, 0.29) is 12.1 Å². The maximum atomic E-state index is 12.1. The van der Waals surface area contributed by atoms with Crippen LogP contribution in [0.1, 0.15) is 25.5 Å². The van der Waals surface area contributed by atoms with E-state index in [2.05, 4.69) is 18.7 Å². The second kappa shape index (κ2) is 6.04. The van der Waals surface area contributed by atoms with E-state index in [9.17, 15) is 8.42 Å². The Labute approximate surface area is 127 Å². The number of hydrogen-bond acceptors (Lipinski definition) is 4. The molecule has 1 saturated heterocycles. The highest BCUT2D eigenvalue weighted by atomic mass is 32.2. The Morgan fingerprint density at radius 2 is 1.81 bits per heavy atom. The molecule has 0 radical (unpaired) electrons. The van der Waals surface area contributed by atoms with E-state index in [1.807, 2.05) is 12.1 Å². The fraction of sp³-hybridized carbons (Fsp3) is 0.600. The first kappa shape index (κ1) is 16.4. The molecule has 2 rings (SSSR count). The van der Waals surface area contributed by atoms with Crippen LogP contribution in [0.4, 0.5) is 0 Å². The van der Waals surface area contributed by atoms with Crippen molar-refractivity contribution in [1.29, 1.82) is 0 Å². The van der Waals surface area contributed by atoms with E-state index in [0.717, 1.165) is 18.7 Å². The zero-order valence-corrected chi connectivity index (χ0v) is 14.0. The topological polar surface area (TPSA) is 66.6 Å². The Morgan fingerprint density at radius 3 is 2.24 bits per heavy atom. The van der Waals surface area contributed by atoms with E-state index < -0.39 is 10.0 Å². The second-order valence-electron chi connectivity index (χ2n) is 6.13. The van der Waals surface area contributed by atoms with E-state index >= 15 is 0 Å². The molecule has 1 aliphatic rings. The number of hydrogen-bond donors (Lipinski definition) is 1. The highest BCUT2D eigenvalue weighted by molar-refractivity contribution is 7.89. The van der Waals surface area contributed by atoms with Gasteiger partial charge in [0.1, 0.15) is 0 Å². The highest BCUT2D eigenvalue weighted by Crippen LogP contribution is 2.27. The molecule has 118 valence electrons. The van der Waals surface area contributed by atoms with Gasteiger partial charge in [-0.1, -0.05) is 19.1 Å². The number of likely N-dealkylation sites (tertiary alicyclic amines) is 1. The Morgan fingerprint density at radius 1 is 1.24 bits per heavy atom. The molecule has 0 bridgehead atoms. The van der Waals surface area contributed by atoms with Gasteiger partial charge in [-0.25, -0.2) is 12.7 Å². The summed E-state index contributed by atoms with van der Waals surface area (Å²) in [6.45, 7) is 6.19. The van der Waals surface area contributed by atoms with Crippen molar-refractivity contribution < 1.29 is 8.42 Å². The number of benzene rings is 1. The predicted molar refractivity (Wildman–Crippen MR) is 84.4 cm³/mol. The molecule has 1 aromatic carbocycles. The van der Waals surface area contributed by atoms with Crippen molar-refractivity contribution in [1.82, 2.24) is 9.21 Å². The summed E-state index contributed by atoms with van der Waals surface area (Å²) in [4.78, 5) is 2.68. The van der Waals surface area contributed by atoms with Crippen LogP contribution in [0.2, 0.25) is 0 Å². The molecule has 1 aromatic rings. The number of rotatable bonds is 4. The molecule has 0 aromatic heterocycles. The van der Waals surface area contributed by atoms with Crippen LogP contribution in [-0.2, 0) is 10.0 Å². The van der Waals surface area contributed by atoms with E-state index in [1.54, 1.807) is 26.2 Å². The van der Waals surface area contributed by atoms with Crippen molar-refractivity contribution >= 4 is 10.0 Å². The lowest BCUT2D eigenvalue weighted by molar-refractivity contribution is 0.253. The zero-order valence-electron chi connectivity index (χ0n) is 13.2. The highest BCUT2D eigenvalue weighted by Gasteiger charge is 2.30. The summed E-state index contributed by atoms with van der Waals surface area (Å²) in [7, 11) is -0.275. The molecule has 0 saturated carbocycles. The van der Waals surface area contributed by atoms with Crippen LogP contribution in [0, 0.1) is 5.92 Å². The molecule has 3 unspecified atom stereocenters. The lowest BCUT2D eigenvalue weighted by Gasteiger charge is -2.24. The summed E-state index contributed by atoms with van der Waals surface area (Å²) >= 11 is 0. The normalized spacial score (nSPS) is 25.4. The standard InChI is InChI=1S/C15H25N3O2S/c1-11-9-18(10-15(11)16)12(2)13-5-7-14(8-6-13)21(19,20)17(3)4/h5-8,11-12,15H,9-10,16H2,1-4H3. The molecule has 0 amide bonds. The Kier molecular flexibility index (Phi) is 4.72. The average Bonchev–Trinajstić information content (AvgIpc) is 2.78. The van der Waals surface area contributed by atoms with Gasteiger partial charge in [0.05, 0.1) is 4.90 Å². The van der Waals surface area contributed by atoms with Crippen LogP contribution in [0.5, 0.6) is 0 Å². The van der Waals surface area contributed by atoms with Gasteiger partial charge in [0.2, 0.25) is 10.0 Å². The van der Waals surface area contributed by atoms with E-state index in [0.29, 0.717) is 10.8 Å². The van der Waals surface area contributed by atoms with Crippen LogP contribution >= 0.6 is 0 Å². The summed E-state index contributed by atoms with van der Waals surface area (Å²) in [5.41, 5.74) is 7.19. The van der Waals surface area contributed by atoms with Crippen molar-refractivity contribution in [3.8, 4) is 0 Å². The number of nitrogens with two attached hydrogens (primary N) is 1. The molecule has 3 atom stereocenters. The lowest BCUT2D eigenvalue weighted by Crippen LogP contribution is -2.29. The molecule has 0 aliphatic carbocycles. The first-order valence-corrected chi connectivity index (χ1v) is 8.69. The maximum absolute atomic E-state index is 12.1. The molecule has 2 N–H and O–H groups in total. The fourth-order valence-electron chi connectivity index (χ4n) is 2.69. The molecule has 6 heteroatoms. The van der Waals surface area contributed by atoms with Gasteiger partial charge in [-0.3, -0.25) is 4.90 Å². The molecule has 21 heavy (non-hydrogen) atoms. The van der Waals surface area contributed by atoms with Crippen molar-refractivity contribution in [3.63, 3.8) is 0 Å². The fourth-order valence-corrected chi connectivity index (χ4v) is 3.59. The minimum absolute atomic E-state index is 0.223. The smallest absolute Gasteiger partial charge is 0.242 e. The van der Waals surface area contributed by atoms with Gasteiger partial charge in [-0.05, 0) is 30.5 Å². The predicted octanol–water partition coefficient (Wildman–Crippen LogP) is 1.28. The minimum atomic E-state index is -3.36. The minimum Gasteiger partial charge on any atom is -0.326 e. The summed E-state index contributed by atoms with van der Waals surface area (Å²) < 4.78 is 25.3. The first-order chi connectivity index (χ1) is 9.73. The van der Waals surface area contributed by atoms with Gasteiger partial charge in [-0.15, -0.1) is 0 Å². The zero-order chi connectivity index (χ0) is 15.8. The SMILES string of the molecule is CC1CN(C(C)c2ccc(S(=O)(=O)N(C)C)cc2)CC1N. The van der Waals surface area contributed by atoms with Crippen LogP contribution in [-0.4, -0.2) is 50.8 Å². The van der Waals surface area contributed by atoms with Crippen molar-refractivity contribution in [2.45, 2.75) is 30.8 Å². The lowest BCUT2D eigenvalue weighted by atomic mass is 10.1. The van der Waals surface area contributed by atoms with E-state index in [1.165, 1.54) is 4.31 Å². The first-order valence-electron chi connectivity index (χ1n) is 7.25. The van der Waals surface area contributed by atoms with Crippen LogP contribution < -0.4 is 5.73 Å². The van der Waals surface area contributed by atoms with Gasteiger partial charge >= 0.3 is 0 Å². The van der Waals surface area contributed by atoms with Crippen LogP contribution in [0.15, 0.2) is 29.2 Å². The van der Waals surface area contributed by atoms with Gasteiger partial charge in [0.25, 0.3) is 0 Å². The third kappa shape index (κ3) is 3.29.